The zero-order chi connectivity index (χ0) is 19.9. The van der Waals surface area contributed by atoms with Gasteiger partial charge in [-0.1, -0.05) is 43.7 Å². The smallest absolute Gasteiger partial charge is 0.415 e. The van der Waals surface area contributed by atoms with Crippen molar-refractivity contribution in [2.75, 3.05) is 11.9 Å². The summed E-state index contributed by atoms with van der Waals surface area (Å²) in [6, 6.07) is 14.2. The van der Waals surface area contributed by atoms with Crippen LogP contribution in [0.2, 0.25) is 0 Å². The summed E-state index contributed by atoms with van der Waals surface area (Å²) >= 11 is 1.19. The van der Waals surface area contributed by atoms with Gasteiger partial charge in [0.05, 0.1) is 12.3 Å². The molecule has 0 heterocycles. The number of nitrogens with one attached hydrogen (secondary N) is 1. The van der Waals surface area contributed by atoms with E-state index in [2.05, 4.69) is 5.32 Å². The van der Waals surface area contributed by atoms with E-state index in [4.69, 9.17) is 9.05 Å². The van der Waals surface area contributed by atoms with Gasteiger partial charge in [-0.2, -0.15) is 0 Å². The van der Waals surface area contributed by atoms with Crippen LogP contribution in [0, 0.1) is 6.92 Å². The summed E-state index contributed by atoms with van der Waals surface area (Å²) in [6.45, 7) is 4.61. The van der Waals surface area contributed by atoms with E-state index in [1.54, 1.807) is 43.3 Å². The molecule has 0 aliphatic carbocycles. The summed E-state index contributed by atoms with van der Waals surface area (Å²) in [5.74, 6) is 0.0671. The summed E-state index contributed by atoms with van der Waals surface area (Å²) < 4.78 is 24.3. The Balaban J connectivity index is 2.22. The maximum Gasteiger partial charge on any atom is 0.440 e. The molecule has 0 aliphatic rings. The maximum absolute atomic E-state index is 13.1. The molecular weight excluding hydrogens is 381 g/mol. The van der Waals surface area contributed by atoms with Gasteiger partial charge < -0.3 is 9.84 Å². The molecule has 0 saturated carbocycles. The molecule has 0 aromatic heterocycles. The largest absolute Gasteiger partial charge is 0.440 e. The molecule has 0 aliphatic heterocycles. The fourth-order valence-electron chi connectivity index (χ4n) is 2.20. The first kappa shape index (κ1) is 21.5. The van der Waals surface area contributed by atoms with Crippen LogP contribution in [0.4, 0.5) is 5.69 Å². The van der Waals surface area contributed by atoms with Crippen molar-refractivity contribution < 1.29 is 18.4 Å². The molecule has 2 rings (SSSR count). The highest BCUT2D eigenvalue weighted by atomic mass is 32.7. The minimum Gasteiger partial charge on any atom is -0.415 e. The second kappa shape index (κ2) is 9.98. The van der Waals surface area contributed by atoms with E-state index in [9.17, 15) is 9.36 Å². The molecule has 5 nitrogen and oxygen atoms in total. The molecule has 0 fully saturated rings. The molecule has 0 saturated heterocycles. The molecule has 1 amide bonds. The number of carbonyl (C=O) groups excluding carboxylic acids is 1. The van der Waals surface area contributed by atoms with Crippen molar-refractivity contribution in [3.63, 3.8) is 0 Å². The van der Waals surface area contributed by atoms with Crippen molar-refractivity contribution in [3.05, 3.63) is 59.7 Å². The monoisotopic (exact) mass is 407 g/mol. The van der Waals surface area contributed by atoms with Crippen molar-refractivity contribution in [1.29, 1.82) is 0 Å². The molecule has 2 atom stereocenters. The number of aryl methyl sites for hydroxylation is 1. The van der Waals surface area contributed by atoms with Gasteiger partial charge in [-0.05, 0) is 55.9 Å². The first-order chi connectivity index (χ1) is 12.9. The van der Waals surface area contributed by atoms with Gasteiger partial charge in [-0.15, -0.1) is 0 Å². The van der Waals surface area contributed by atoms with Crippen LogP contribution in [0.15, 0.2) is 48.5 Å². The Kier molecular flexibility index (Phi) is 7.96. The summed E-state index contributed by atoms with van der Waals surface area (Å²) in [5, 5.41) is 2.95. The lowest BCUT2D eigenvalue weighted by molar-refractivity contribution is 0.102. The summed E-state index contributed by atoms with van der Waals surface area (Å²) in [4.78, 5) is 12.5. The molecule has 1 N–H and O–H groups in total. The fourth-order valence-corrected chi connectivity index (χ4v) is 6.30. The molecule has 2 unspecified atom stereocenters. The van der Waals surface area contributed by atoms with Crippen molar-refractivity contribution in [2.45, 2.75) is 39.4 Å². The number of hydrogen-bond donors (Lipinski definition) is 1. The van der Waals surface area contributed by atoms with Gasteiger partial charge in [0.15, 0.2) is 5.75 Å². The normalized spacial score (nSPS) is 14.2. The van der Waals surface area contributed by atoms with E-state index in [1.807, 2.05) is 32.9 Å². The van der Waals surface area contributed by atoms with Crippen LogP contribution in [0.25, 0.3) is 0 Å². The van der Waals surface area contributed by atoms with Crippen molar-refractivity contribution >= 4 is 29.8 Å². The minimum atomic E-state index is -3.40. The topological polar surface area (TPSA) is 64.6 Å². The van der Waals surface area contributed by atoms with Crippen LogP contribution in [-0.2, 0) is 9.09 Å². The molecule has 0 spiro atoms. The number of amides is 1. The number of rotatable bonds is 9. The van der Waals surface area contributed by atoms with E-state index in [-0.39, 0.29) is 17.8 Å². The first-order valence-corrected chi connectivity index (χ1v) is 12.0. The Hall–Kier alpha value is -1.75. The third kappa shape index (κ3) is 6.42. The highest BCUT2D eigenvalue weighted by molar-refractivity contribution is 8.55. The van der Waals surface area contributed by atoms with Gasteiger partial charge in [0.1, 0.15) is 0 Å². The van der Waals surface area contributed by atoms with Crippen LogP contribution in [0.5, 0.6) is 5.75 Å². The van der Waals surface area contributed by atoms with E-state index in [0.29, 0.717) is 17.0 Å². The lowest BCUT2D eigenvalue weighted by Crippen LogP contribution is -2.12. The Labute approximate surface area is 165 Å². The van der Waals surface area contributed by atoms with Gasteiger partial charge in [-0.25, -0.2) is 4.57 Å². The lowest BCUT2D eigenvalue weighted by Gasteiger charge is -2.21. The second-order valence-electron chi connectivity index (χ2n) is 6.10. The average molecular weight is 407 g/mol. The Morgan fingerprint density at radius 3 is 2.44 bits per heavy atom. The SMILES string of the molecule is CCOP(=O)(Oc1ccccc1NC(=O)c1ccc(C)cc1)SC(C)CC. The summed E-state index contributed by atoms with van der Waals surface area (Å²) in [6.07, 6.45) is 0.844. The highest BCUT2D eigenvalue weighted by Gasteiger charge is 2.30. The van der Waals surface area contributed by atoms with E-state index in [1.165, 1.54) is 11.4 Å². The average Bonchev–Trinajstić information content (AvgIpc) is 2.63. The molecule has 2 aromatic rings. The van der Waals surface area contributed by atoms with Crippen molar-refractivity contribution in [2.24, 2.45) is 0 Å². The van der Waals surface area contributed by atoms with Crippen molar-refractivity contribution in [1.82, 2.24) is 0 Å². The highest BCUT2D eigenvalue weighted by Crippen LogP contribution is 2.62. The quantitative estimate of drug-likeness (QED) is 0.494. The van der Waals surface area contributed by atoms with Gasteiger partial charge >= 0.3 is 6.80 Å². The molecule has 7 heteroatoms. The Morgan fingerprint density at radius 1 is 1.15 bits per heavy atom. The van der Waals surface area contributed by atoms with Crippen LogP contribution >= 0.6 is 18.2 Å². The minimum absolute atomic E-state index is 0.122. The number of para-hydroxylation sites is 2. The molecular formula is C20H26NO4PS. The Bertz CT molecular complexity index is 810. The molecule has 27 heavy (non-hydrogen) atoms. The molecule has 0 bridgehead atoms. The predicted octanol–water partition coefficient (Wildman–Crippen LogP) is 6.30. The Morgan fingerprint density at radius 2 is 1.81 bits per heavy atom. The lowest BCUT2D eigenvalue weighted by atomic mass is 10.1. The second-order valence-corrected chi connectivity index (χ2v) is 10.4. The molecule has 146 valence electrons. The van der Waals surface area contributed by atoms with E-state index < -0.39 is 6.80 Å². The van der Waals surface area contributed by atoms with Gasteiger partial charge in [0, 0.05) is 10.8 Å². The van der Waals surface area contributed by atoms with Crippen LogP contribution in [0.3, 0.4) is 0 Å². The first-order valence-electron chi connectivity index (χ1n) is 8.96. The molecule has 2 aromatic carbocycles. The predicted molar refractivity (Wildman–Crippen MR) is 113 cm³/mol. The van der Waals surface area contributed by atoms with Crippen LogP contribution < -0.4 is 9.84 Å². The van der Waals surface area contributed by atoms with Crippen LogP contribution in [-0.4, -0.2) is 17.8 Å². The van der Waals surface area contributed by atoms with Gasteiger partial charge in [-0.3, -0.25) is 9.32 Å². The summed E-state index contributed by atoms with van der Waals surface area (Å²) in [7, 11) is 0. The van der Waals surface area contributed by atoms with Crippen molar-refractivity contribution in [3.8, 4) is 5.75 Å². The maximum atomic E-state index is 13.1. The third-order valence-electron chi connectivity index (χ3n) is 3.83. The summed E-state index contributed by atoms with van der Waals surface area (Å²) in [5.41, 5.74) is 2.07. The number of benzene rings is 2. The van der Waals surface area contributed by atoms with Gasteiger partial charge in [0.25, 0.3) is 5.91 Å². The number of carbonyl (C=O) groups is 1. The number of hydrogen-bond acceptors (Lipinski definition) is 5. The van der Waals surface area contributed by atoms with E-state index >= 15 is 0 Å². The van der Waals surface area contributed by atoms with Gasteiger partial charge in [0.2, 0.25) is 0 Å². The third-order valence-corrected chi connectivity index (χ3v) is 8.17. The standard InChI is InChI=1S/C20H26NO4PS/c1-5-16(4)27-26(23,24-6-2)25-19-10-8-7-9-18(19)21-20(22)17-13-11-15(3)12-14-17/h7-14,16H,5-6H2,1-4H3,(H,21,22). The molecule has 0 radical (unpaired) electrons. The zero-order valence-electron chi connectivity index (χ0n) is 16.1. The van der Waals surface area contributed by atoms with E-state index in [0.717, 1.165) is 12.0 Å². The van der Waals surface area contributed by atoms with Crippen LogP contribution in [0.1, 0.15) is 43.1 Å². The zero-order valence-corrected chi connectivity index (χ0v) is 17.8. The number of anilines is 1. The fraction of sp³-hybridized carbons (Fsp3) is 0.350.